The summed E-state index contributed by atoms with van der Waals surface area (Å²) in [6.07, 6.45) is 9.14. The van der Waals surface area contributed by atoms with Gasteiger partial charge in [-0.15, -0.1) is 24.8 Å². The molecule has 0 aromatic rings. The van der Waals surface area contributed by atoms with Crippen LogP contribution in [0.4, 0.5) is 0 Å². The molecule has 2 N–H and O–H groups in total. The molecule has 2 aliphatic rings. The maximum Gasteiger partial charge on any atom is 0.220 e. The predicted molar refractivity (Wildman–Crippen MR) is 102 cm³/mol. The molecule has 4 nitrogen and oxygen atoms in total. The quantitative estimate of drug-likeness (QED) is 0.758. The maximum absolute atomic E-state index is 12.1. The first-order valence-corrected chi connectivity index (χ1v) is 8.69. The Morgan fingerprint density at radius 2 is 2.00 bits per heavy atom. The van der Waals surface area contributed by atoms with Crippen LogP contribution in [0.1, 0.15) is 58.3 Å². The lowest BCUT2D eigenvalue weighted by atomic mass is 9.75. The highest BCUT2D eigenvalue weighted by molar-refractivity contribution is 5.85. The lowest BCUT2D eigenvalue weighted by Gasteiger charge is -2.45. The van der Waals surface area contributed by atoms with Gasteiger partial charge in [-0.05, 0) is 58.7 Å². The van der Waals surface area contributed by atoms with Crippen molar-refractivity contribution in [1.82, 2.24) is 15.5 Å². The summed E-state index contributed by atoms with van der Waals surface area (Å²) in [5.74, 6) is 0.990. The second-order valence-electron chi connectivity index (χ2n) is 7.43. The van der Waals surface area contributed by atoms with Crippen molar-refractivity contribution < 1.29 is 4.79 Å². The second kappa shape index (κ2) is 10.8. The first-order chi connectivity index (χ1) is 10.0. The van der Waals surface area contributed by atoms with Crippen LogP contribution in [0.5, 0.6) is 0 Å². The Morgan fingerprint density at radius 1 is 1.26 bits per heavy atom. The van der Waals surface area contributed by atoms with E-state index in [4.69, 9.17) is 0 Å². The Hall–Kier alpha value is -0.0300. The van der Waals surface area contributed by atoms with Crippen molar-refractivity contribution in [2.75, 3.05) is 27.2 Å². The molecular weight excluding hydrogens is 333 g/mol. The van der Waals surface area contributed by atoms with E-state index in [-0.39, 0.29) is 36.3 Å². The summed E-state index contributed by atoms with van der Waals surface area (Å²) >= 11 is 0. The zero-order valence-electron chi connectivity index (χ0n) is 14.9. The molecular formula is C17H35Cl2N3O. The monoisotopic (exact) mass is 367 g/mol. The van der Waals surface area contributed by atoms with Gasteiger partial charge in [0.1, 0.15) is 0 Å². The van der Waals surface area contributed by atoms with Gasteiger partial charge in [-0.1, -0.05) is 19.8 Å². The van der Waals surface area contributed by atoms with Gasteiger partial charge in [0, 0.05) is 24.5 Å². The van der Waals surface area contributed by atoms with Crippen molar-refractivity contribution in [3.8, 4) is 0 Å². The number of amides is 1. The van der Waals surface area contributed by atoms with Crippen LogP contribution in [0.2, 0.25) is 0 Å². The van der Waals surface area contributed by atoms with E-state index in [0.29, 0.717) is 12.5 Å². The maximum atomic E-state index is 12.1. The third kappa shape index (κ3) is 6.77. The Labute approximate surface area is 154 Å². The topological polar surface area (TPSA) is 44.4 Å². The molecule has 0 bridgehead atoms. The Morgan fingerprint density at radius 3 is 2.57 bits per heavy atom. The van der Waals surface area contributed by atoms with Gasteiger partial charge in [-0.25, -0.2) is 0 Å². The van der Waals surface area contributed by atoms with Crippen molar-refractivity contribution in [2.24, 2.45) is 5.92 Å². The average Bonchev–Trinajstić information content (AvgIpc) is 2.96. The van der Waals surface area contributed by atoms with E-state index in [9.17, 15) is 4.79 Å². The van der Waals surface area contributed by atoms with Crippen molar-refractivity contribution in [3.05, 3.63) is 0 Å². The SMILES string of the molecule is CC1CCCC(CNC(=O)CCC2CCCN2)(N(C)C)C1.Cl.Cl. The normalized spacial score (nSPS) is 30.4. The fraction of sp³-hybridized carbons (Fsp3) is 0.941. The molecule has 3 atom stereocenters. The lowest BCUT2D eigenvalue weighted by Crippen LogP contribution is -2.55. The molecule has 3 unspecified atom stereocenters. The van der Waals surface area contributed by atoms with Gasteiger partial charge in [-0.2, -0.15) is 0 Å². The van der Waals surface area contributed by atoms with Crippen molar-refractivity contribution in [3.63, 3.8) is 0 Å². The third-order valence-electron chi connectivity index (χ3n) is 5.51. The summed E-state index contributed by atoms with van der Waals surface area (Å²) in [6.45, 7) is 4.26. The van der Waals surface area contributed by atoms with Crippen LogP contribution in [0.3, 0.4) is 0 Å². The molecule has 2 fully saturated rings. The van der Waals surface area contributed by atoms with Crippen LogP contribution >= 0.6 is 24.8 Å². The van der Waals surface area contributed by atoms with Crippen molar-refractivity contribution in [2.45, 2.75) is 69.9 Å². The van der Waals surface area contributed by atoms with E-state index in [1.807, 2.05) is 0 Å². The van der Waals surface area contributed by atoms with Crippen LogP contribution < -0.4 is 10.6 Å². The molecule has 1 saturated heterocycles. The van der Waals surface area contributed by atoms with Gasteiger partial charge in [0.15, 0.2) is 0 Å². The molecule has 23 heavy (non-hydrogen) atoms. The Bertz CT molecular complexity index is 349. The molecule has 6 heteroatoms. The van der Waals surface area contributed by atoms with Gasteiger partial charge in [0.05, 0.1) is 0 Å². The van der Waals surface area contributed by atoms with Crippen LogP contribution in [0.15, 0.2) is 0 Å². The summed E-state index contributed by atoms with van der Waals surface area (Å²) in [5, 5.41) is 6.67. The molecule has 0 spiro atoms. The standard InChI is InChI=1S/C17H33N3O.2ClH/c1-14-6-4-10-17(12-14,20(2)3)13-19-16(21)9-8-15-7-5-11-18-15;;/h14-15,18H,4-13H2,1-3H3,(H,19,21);2*1H. The molecule has 2 rings (SSSR count). The fourth-order valence-electron chi connectivity index (χ4n) is 4.02. The molecule has 0 radical (unpaired) electrons. The van der Waals surface area contributed by atoms with Gasteiger partial charge in [0.2, 0.25) is 5.91 Å². The number of hydrogen-bond donors (Lipinski definition) is 2. The van der Waals surface area contributed by atoms with Crippen molar-refractivity contribution in [1.29, 1.82) is 0 Å². The number of likely N-dealkylation sites (N-methyl/N-ethyl adjacent to an activating group) is 1. The van der Waals surface area contributed by atoms with E-state index in [1.54, 1.807) is 0 Å². The molecule has 1 heterocycles. The van der Waals surface area contributed by atoms with Crippen LogP contribution in [0.25, 0.3) is 0 Å². The minimum atomic E-state index is 0. The lowest BCUT2D eigenvalue weighted by molar-refractivity contribution is -0.122. The first-order valence-electron chi connectivity index (χ1n) is 8.69. The third-order valence-corrected chi connectivity index (χ3v) is 5.51. The Kier molecular flexibility index (Phi) is 10.7. The van der Waals surface area contributed by atoms with E-state index in [0.717, 1.165) is 25.4 Å². The van der Waals surface area contributed by atoms with Crippen LogP contribution in [-0.2, 0) is 4.79 Å². The minimum absolute atomic E-state index is 0. The summed E-state index contributed by atoms with van der Waals surface area (Å²) in [7, 11) is 4.32. The minimum Gasteiger partial charge on any atom is -0.354 e. The molecule has 1 aliphatic carbocycles. The van der Waals surface area contributed by atoms with E-state index < -0.39 is 0 Å². The van der Waals surface area contributed by atoms with Gasteiger partial charge >= 0.3 is 0 Å². The molecule has 1 saturated carbocycles. The number of nitrogens with one attached hydrogen (secondary N) is 2. The number of nitrogens with zero attached hydrogens (tertiary/aromatic N) is 1. The summed E-state index contributed by atoms with van der Waals surface area (Å²) < 4.78 is 0. The van der Waals surface area contributed by atoms with Gasteiger partial charge in [0.25, 0.3) is 0 Å². The van der Waals surface area contributed by atoms with Crippen LogP contribution in [-0.4, -0.2) is 49.6 Å². The summed E-state index contributed by atoms with van der Waals surface area (Å²) in [5.41, 5.74) is 0.166. The molecule has 0 aromatic heterocycles. The smallest absolute Gasteiger partial charge is 0.220 e. The van der Waals surface area contributed by atoms with Crippen LogP contribution in [0, 0.1) is 5.92 Å². The second-order valence-corrected chi connectivity index (χ2v) is 7.43. The predicted octanol–water partition coefficient (Wildman–Crippen LogP) is 2.99. The Balaban J connectivity index is 0.00000242. The number of hydrogen-bond acceptors (Lipinski definition) is 3. The largest absolute Gasteiger partial charge is 0.354 e. The molecule has 1 amide bonds. The van der Waals surface area contributed by atoms with Crippen molar-refractivity contribution >= 4 is 30.7 Å². The number of halogens is 2. The van der Waals surface area contributed by atoms with Gasteiger partial charge in [-0.3, -0.25) is 4.79 Å². The van der Waals surface area contributed by atoms with E-state index in [2.05, 4.69) is 36.6 Å². The molecule has 138 valence electrons. The van der Waals surface area contributed by atoms with E-state index >= 15 is 0 Å². The fourth-order valence-corrected chi connectivity index (χ4v) is 4.02. The van der Waals surface area contributed by atoms with Gasteiger partial charge < -0.3 is 15.5 Å². The highest BCUT2D eigenvalue weighted by Gasteiger charge is 2.37. The first kappa shape index (κ1) is 23.0. The summed E-state index contributed by atoms with van der Waals surface area (Å²) in [4.78, 5) is 14.5. The highest BCUT2D eigenvalue weighted by Crippen LogP contribution is 2.35. The zero-order valence-corrected chi connectivity index (χ0v) is 16.5. The highest BCUT2D eigenvalue weighted by atomic mass is 35.5. The number of carbonyl (C=O) groups excluding carboxylic acids is 1. The summed E-state index contributed by atoms with van der Waals surface area (Å²) in [6, 6.07) is 0.563. The van der Waals surface area contributed by atoms with E-state index in [1.165, 1.54) is 38.5 Å². The number of carbonyl (C=O) groups is 1. The zero-order chi connectivity index (χ0) is 15.3. The number of rotatable bonds is 6. The average molecular weight is 368 g/mol. The molecule has 0 aromatic carbocycles. The molecule has 1 aliphatic heterocycles.